The molecule has 5 nitrogen and oxygen atoms in total. The highest BCUT2D eigenvalue weighted by Crippen LogP contribution is 2.39. The highest BCUT2D eigenvalue weighted by Gasteiger charge is 2.40. The van der Waals surface area contributed by atoms with Crippen LogP contribution in [-0.2, 0) is 10.2 Å². The first-order valence-corrected chi connectivity index (χ1v) is 14.4. The lowest BCUT2D eigenvalue weighted by Crippen LogP contribution is -2.46. The quantitative estimate of drug-likeness (QED) is 0.336. The Morgan fingerprint density at radius 2 is 1.70 bits per heavy atom. The molecule has 1 N–H and O–H groups in total. The van der Waals surface area contributed by atoms with Gasteiger partial charge in [0.15, 0.2) is 0 Å². The molecule has 0 saturated carbocycles. The highest BCUT2D eigenvalue weighted by molar-refractivity contribution is 5.98. The summed E-state index contributed by atoms with van der Waals surface area (Å²) in [6.07, 6.45) is 1.29. The predicted octanol–water partition coefficient (Wildman–Crippen LogP) is 7.51. The van der Waals surface area contributed by atoms with E-state index in [4.69, 9.17) is 0 Å². The van der Waals surface area contributed by atoms with E-state index in [9.17, 15) is 14.0 Å². The number of halogens is 1. The normalized spacial score (nSPS) is 17.4. The molecular formula is C34H42FN3O2. The number of carbonyl (C=O) groups excluding carboxylic acids is 2. The van der Waals surface area contributed by atoms with Crippen LogP contribution in [0.1, 0.15) is 80.6 Å². The van der Waals surface area contributed by atoms with Crippen molar-refractivity contribution in [1.82, 2.24) is 4.90 Å². The van der Waals surface area contributed by atoms with E-state index in [1.54, 1.807) is 24.0 Å². The zero-order valence-electron chi connectivity index (χ0n) is 24.6. The molecule has 1 heterocycles. The summed E-state index contributed by atoms with van der Waals surface area (Å²) in [6.45, 7) is 14.5. The maximum Gasteiger partial charge on any atom is 0.257 e. The van der Waals surface area contributed by atoms with E-state index in [2.05, 4.69) is 63.0 Å². The average Bonchev–Trinajstić information content (AvgIpc) is 2.93. The number of hydrogen-bond donors (Lipinski definition) is 1. The minimum atomic E-state index is -0.536. The van der Waals surface area contributed by atoms with Gasteiger partial charge < -0.3 is 15.1 Å². The predicted molar refractivity (Wildman–Crippen MR) is 161 cm³/mol. The second kappa shape index (κ2) is 12.2. The lowest BCUT2D eigenvalue weighted by molar-refractivity contribution is -0.123. The molecule has 6 heteroatoms. The van der Waals surface area contributed by atoms with E-state index in [0.717, 1.165) is 35.6 Å². The molecule has 4 rings (SSSR count). The third-order valence-electron chi connectivity index (χ3n) is 8.00. The van der Waals surface area contributed by atoms with E-state index in [-0.39, 0.29) is 22.8 Å². The second-order valence-electron chi connectivity index (χ2n) is 11.7. The van der Waals surface area contributed by atoms with Crippen molar-refractivity contribution in [2.24, 2.45) is 5.92 Å². The van der Waals surface area contributed by atoms with Crippen molar-refractivity contribution in [2.45, 2.75) is 65.8 Å². The van der Waals surface area contributed by atoms with Gasteiger partial charge in [0.1, 0.15) is 5.82 Å². The fourth-order valence-electron chi connectivity index (χ4n) is 5.75. The van der Waals surface area contributed by atoms with Gasteiger partial charge in [-0.25, -0.2) is 4.39 Å². The molecule has 0 aliphatic carbocycles. The van der Waals surface area contributed by atoms with Gasteiger partial charge in [0.05, 0.1) is 17.5 Å². The first-order valence-electron chi connectivity index (χ1n) is 14.4. The fraction of sp³-hybridized carbons (Fsp3) is 0.412. The van der Waals surface area contributed by atoms with Crippen LogP contribution in [0, 0.1) is 18.7 Å². The van der Waals surface area contributed by atoms with Crippen LogP contribution in [0.4, 0.5) is 15.8 Å². The van der Waals surface area contributed by atoms with Crippen molar-refractivity contribution in [2.75, 3.05) is 29.9 Å². The lowest BCUT2D eigenvalue weighted by Gasteiger charge is -2.41. The number of nitrogens with zero attached hydrogens (tertiary/aromatic N) is 2. The van der Waals surface area contributed by atoms with Crippen molar-refractivity contribution in [3.05, 3.63) is 94.8 Å². The molecule has 3 aromatic carbocycles. The molecule has 1 saturated heterocycles. The van der Waals surface area contributed by atoms with Crippen LogP contribution >= 0.6 is 0 Å². The number of nitrogens with one attached hydrogen (secondary N) is 1. The molecule has 1 fully saturated rings. The number of anilines is 2. The van der Waals surface area contributed by atoms with Crippen molar-refractivity contribution in [3.63, 3.8) is 0 Å². The molecule has 0 bridgehead atoms. The Bertz CT molecular complexity index is 1340. The standard InChI is InChI=1S/C34H42FN3O2/c1-7-37(8-2)27-17-10-14-24(21-27)31-28(32(39)36-26-16-11-15-25(22-26)34(4,5)6)18-12-20-38(31)33(40)30-23(3)13-9-19-29(30)35/h9-11,13-17,19,21-22,28,31H,7-8,12,18,20H2,1-6H3,(H,36,39)/t28-,31?/m0/s1. The largest absolute Gasteiger partial charge is 0.372 e. The van der Waals surface area contributed by atoms with Gasteiger partial charge in [0.2, 0.25) is 5.91 Å². The third kappa shape index (κ3) is 6.22. The molecule has 212 valence electrons. The van der Waals surface area contributed by atoms with Crippen LogP contribution in [0.2, 0.25) is 0 Å². The van der Waals surface area contributed by atoms with Crippen LogP contribution in [0.3, 0.4) is 0 Å². The third-order valence-corrected chi connectivity index (χ3v) is 8.00. The van der Waals surface area contributed by atoms with E-state index in [0.29, 0.717) is 24.9 Å². The summed E-state index contributed by atoms with van der Waals surface area (Å²) in [5.41, 5.74) is 4.40. The van der Waals surface area contributed by atoms with Gasteiger partial charge in [-0.1, -0.05) is 57.2 Å². The number of piperidine rings is 1. The molecule has 0 aromatic heterocycles. The van der Waals surface area contributed by atoms with E-state index >= 15 is 0 Å². The minimum absolute atomic E-state index is 0.0557. The summed E-state index contributed by atoms with van der Waals surface area (Å²) in [5.74, 6) is -1.53. The topological polar surface area (TPSA) is 52.7 Å². The Hall–Kier alpha value is -3.67. The first kappa shape index (κ1) is 29.3. The first-order chi connectivity index (χ1) is 19.0. The molecular weight excluding hydrogens is 501 g/mol. The number of aryl methyl sites for hydroxylation is 1. The van der Waals surface area contributed by atoms with Crippen LogP contribution in [-0.4, -0.2) is 36.3 Å². The Labute approximate surface area is 238 Å². The zero-order valence-corrected chi connectivity index (χ0v) is 24.6. The molecule has 0 radical (unpaired) electrons. The lowest BCUT2D eigenvalue weighted by atomic mass is 9.83. The van der Waals surface area contributed by atoms with E-state index in [1.165, 1.54) is 6.07 Å². The van der Waals surface area contributed by atoms with Crippen LogP contribution in [0.15, 0.2) is 66.7 Å². The van der Waals surface area contributed by atoms with Gasteiger partial charge in [0, 0.05) is 31.0 Å². The Morgan fingerprint density at radius 1 is 1.00 bits per heavy atom. The van der Waals surface area contributed by atoms with Gasteiger partial charge in [0.25, 0.3) is 5.91 Å². The Kier molecular flexibility index (Phi) is 8.97. The van der Waals surface area contributed by atoms with E-state index in [1.807, 2.05) is 30.3 Å². The summed E-state index contributed by atoms with van der Waals surface area (Å²) in [4.78, 5) is 31.9. The molecule has 1 unspecified atom stereocenters. The average molecular weight is 544 g/mol. The molecule has 40 heavy (non-hydrogen) atoms. The second-order valence-corrected chi connectivity index (χ2v) is 11.7. The van der Waals surface area contributed by atoms with Crippen LogP contribution in [0.25, 0.3) is 0 Å². The van der Waals surface area contributed by atoms with Crippen LogP contribution in [0.5, 0.6) is 0 Å². The maximum absolute atomic E-state index is 15.0. The van der Waals surface area contributed by atoms with Gasteiger partial charge in [-0.3, -0.25) is 9.59 Å². The monoisotopic (exact) mass is 543 g/mol. The zero-order chi connectivity index (χ0) is 29.0. The van der Waals surface area contributed by atoms with Crippen molar-refractivity contribution >= 4 is 23.2 Å². The summed E-state index contributed by atoms with van der Waals surface area (Å²) in [6, 6.07) is 20.2. The molecule has 0 spiro atoms. The molecule has 3 aromatic rings. The highest BCUT2D eigenvalue weighted by atomic mass is 19.1. The fourth-order valence-corrected chi connectivity index (χ4v) is 5.75. The number of likely N-dealkylation sites (tertiary alicyclic amines) is 1. The number of amides is 2. The number of carbonyl (C=O) groups is 2. The summed E-state index contributed by atoms with van der Waals surface area (Å²) >= 11 is 0. The summed E-state index contributed by atoms with van der Waals surface area (Å²) in [7, 11) is 0. The summed E-state index contributed by atoms with van der Waals surface area (Å²) in [5, 5.41) is 3.14. The SMILES string of the molecule is CCN(CC)c1cccc(C2[C@@H](C(=O)Nc3cccc(C(C)(C)C)c3)CCCN2C(=O)c2c(C)cccc2F)c1. The summed E-state index contributed by atoms with van der Waals surface area (Å²) < 4.78 is 15.0. The molecule has 1 aliphatic heterocycles. The van der Waals surface area contributed by atoms with Gasteiger partial charge >= 0.3 is 0 Å². The van der Waals surface area contributed by atoms with E-state index < -0.39 is 17.8 Å². The van der Waals surface area contributed by atoms with Crippen molar-refractivity contribution in [1.29, 1.82) is 0 Å². The maximum atomic E-state index is 15.0. The van der Waals surface area contributed by atoms with Crippen LogP contribution < -0.4 is 10.2 Å². The van der Waals surface area contributed by atoms with Gasteiger partial charge in [-0.15, -0.1) is 0 Å². The molecule has 1 aliphatic rings. The minimum Gasteiger partial charge on any atom is -0.372 e. The number of rotatable bonds is 7. The Morgan fingerprint density at radius 3 is 2.38 bits per heavy atom. The number of hydrogen-bond acceptors (Lipinski definition) is 3. The van der Waals surface area contributed by atoms with Gasteiger partial charge in [-0.05, 0) is 86.1 Å². The molecule has 2 atom stereocenters. The van der Waals surface area contributed by atoms with Gasteiger partial charge in [-0.2, -0.15) is 0 Å². The smallest absolute Gasteiger partial charge is 0.257 e. The number of benzene rings is 3. The van der Waals surface area contributed by atoms with Crippen molar-refractivity contribution < 1.29 is 14.0 Å². The molecule has 2 amide bonds. The Balaban J connectivity index is 1.76. The van der Waals surface area contributed by atoms with Crippen molar-refractivity contribution in [3.8, 4) is 0 Å².